The first-order valence-electron chi connectivity index (χ1n) is 12.2. The summed E-state index contributed by atoms with van der Waals surface area (Å²) in [5.74, 6) is -0.701. The Balaban J connectivity index is 1.46. The first-order chi connectivity index (χ1) is 18.8. The summed E-state index contributed by atoms with van der Waals surface area (Å²) in [7, 11) is 1.41. The lowest BCUT2D eigenvalue weighted by atomic mass is 10.0. The third-order valence-electron chi connectivity index (χ3n) is 6.34. The van der Waals surface area contributed by atoms with Crippen LogP contribution in [0.2, 0.25) is 0 Å². The molecule has 1 amide bonds. The van der Waals surface area contributed by atoms with Gasteiger partial charge in [0.15, 0.2) is 5.54 Å². The summed E-state index contributed by atoms with van der Waals surface area (Å²) in [5.41, 5.74) is 3.92. The van der Waals surface area contributed by atoms with Gasteiger partial charge in [0.25, 0.3) is 17.9 Å². The number of methoxy groups -OCH3 is 1. The summed E-state index contributed by atoms with van der Waals surface area (Å²) in [4.78, 5) is 33.1. The number of aromatic amines is 1. The molecule has 0 spiro atoms. The number of hydrogen-bond acceptors (Lipinski definition) is 6. The Kier molecular flexibility index (Phi) is 9.18. The van der Waals surface area contributed by atoms with Gasteiger partial charge in [-0.2, -0.15) is 0 Å². The first-order valence-corrected chi connectivity index (χ1v) is 12.2. The number of hydrazine groups is 1. The van der Waals surface area contributed by atoms with Crippen LogP contribution < -0.4 is 11.0 Å². The van der Waals surface area contributed by atoms with Crippen molar-refractivity contribution in [2.75, 3.05) is 20.6 Å². The highest BCUT2D eigenvalue weighted by atomic mass is 19.3. The van der Waals surface area contributed by atoms with E-state index in [1.165, 1.54) is 25.3 Å². The average molecular weight is 543 g/mol. The maximum atomic E-state index is 13.6. The predicted octanol–water partition coefficient (Wildman–Crippen LogP) is 4.01. The predicted molar refractivity (Wildman–Crippen MR) is 138 cm³/mol. The molecule has 39 heavy (non-hydrogen) atoms. The van der Waals surface area contributed by atoms with E-state index < -0.39 is 24.7 Å². The summed E-state index contributed by atoms with van der Waals surface area (Å²) in [6.45, 7) is -1.44. The minimum atomic E-state index is -2.77. The summed E-state index contributed by atoms with van der Waals surface area (Å²) in [6, 6.07) is 16.9. The van der Waals surface area contributed by atoms with E-state index in [-0.39, 0.29) is 29.8 Å². The molecule has 2 N–H and O–H groups in total. The molecule has 2 heterocycles. The molecule has 4 rings (SSSR count). The standard InChI is InChI=1S/C28H29F3N4O4/c1-38-18-28(27(37)35(39-19-29)17-23-5-2-3-7-24(23)25(30)31)12-14-34(33-28)16-21-10-8-20(9-11-21)15-22-6-4-13-32-26(22)36/h2-14,25,33H,15-19H2,1H3,(H,32,36). The Labute approximate surface area is 223 Å². The number of rotatable bonds is 12. The van der Waals surface area contributed by atoms with Crippen molar-refractivity contribution in [1.82, 2.24) is 20.5 Å². The van der Waals surface area contributed by atoms with Gasteiger partial charge in [-0.3, -0.25) is 9.59 Å². The van der Waals surface area contributed by atoms with E-state index in [0.717, 1.165) is 16.2 Å². The Bertz CT molecular complexity index is 1350. The second-order valence-corrected chi connectivity index (χ2v) is 9.06. The molecule has 0 fully saturated rings. The van der Waals surface area contributed by atoms with Crippen molar-refractivity contribution < 1.29 is 27.5 Å². The number of H-pyrrole nitrogens is 1. The van der Waals surface area contributed by atoms with Gasteiger partial charge in [-0.15, -0.1) is 0 Å². The van der Waals surface area contributed by atoms with E-state index in [9.17, 15) is 22.8 Å². The highest BCUT2D eigenvalue weighted by Gasteiger charge is 2.44. The minimum Gasteiger partial charge on any atom is -0.382 e. The molecule has 1 atom stereocenters. The topological polar surface area (TPSA) is 86.9 Å². The van der Waals surface area contributed by atoms with Gasteiger partial charge >= 0.3 is 0 Å². The van der Waals surface area contributed by atoms with Gasteiger partial charge in [-0.25, -0.2) is 28.5 Å². The molecule has 0 saturated carbocycles. The van der Waals surface area contributed by atoms with Crippen molar-refractivity contribution in [2.45, 2.75) is 31.5 Å². The highest BCUT2D eigenvalue weighted by Crippen LogP contribution is 2.27. The lowest BCUT2D eigenvalue weighted by Crippen LogP contribution is -2.60. The molecule has 1 aliphatic heterocycles. The Morgan fingerprint density at radius 2 is 1.77 bits per heavy atom. The van der Waals surface area contributed by atoms with Crippen LogP contribution in [0, 0.1) is 0 Å². The number of aromatic nitrogens is 1. The number of alkyl halides is 3. The molecule has 8 nitrogen and oxygen atoms in total. The number of hydrogen-bond donors (Lipinski definition) is 2. The molecule has 3 aromatic rings. The Hall–Kier alpha value is -3.93. The third kappa shape index (κ3) is 6.75. The van der Waals surface area contributed by atoms with Gasteiger partial charge in [-0.1, -0.05) is 54.6 Å². The summed E-state index contributed by atoms with van der Waals surface area (Å²) in [5, 5.41) is 2.41. The number of amides is 1. The van der Waals surface area contributed by atoms with Crippen LogP contribution in [0.4, 0.5) is 13.2 Å². The van der Waals surface area contributed by atoms with Crippen molar-refractivity contribution in [3.63, 3.8) is 0 Å². The van der Waals surface area contributed by atoms with Gasteiger partial charge in [0.2, 0.25) is 6.86 Å². The van der Waals surface area contributed by atoms with E-state index in [0.29, 0.717) is 18.5 Å². The molecule has 1 unspecified atom stereocenters. The zero-order valence-corrected chi connectivity index (χ0v) is 21.3. The van der Waals surface area contributed by atoms with Gasteiger partial charge < -0.3 is 14.7 Å². The lowest BCUT2D eigenvalue weighted by molar-refractivity contribution is -0.212. The van der Waals surface area contributed by atoms with Crippen LogP contribution in [0.5, 0.6) is 0 Å². The number of benzene rings is 2. The van der Waals surface area contributed by atoms with Gasteiger partial charge in [0, 0.05) is 37.1 Å². The quantitative estimate of drug-likeness (QED) is 0.337. The fraction of sp³-hybridized carbons (Fsp3) is 0.286. The Morgan fingerprint density at radius 3 is 2.46 bits per heavy atom. The summed E-state index contributed by atoms with van der Waals surface area (Å²) >= 11 is 0. The molecule has 0 saturated heterocycles. The number of ether oxygens (including phenoxy) is 1. The third-order valence-corrected chi connectivity index (χ3v) is 6.34. The SMILES string of the molecule is COCC1(C(=O)N(Cc2ccccc2C(F)F)OCF)C=CN(Cc2ccc(Cc3ccc[nH]c3=O)cc2)N1. The van der Waals surface area contributed by atoms with Gasteiger partial charge in [0.1, 0.15) is 0 Å². The number of hydroxylamine groups is 2. The van der Waals surface area contributed by atoms with Gasteiger partial charge in [0.05, 0.1) is 19.7 Å². The van der Waals surface area contributed by atoms with Crippen molar-refractivity contribution in [1.29, 1.82) is 0 Å². The molecule has 1 aliphatic rings. The van der Waals surface area contributed by atoms with Crippen LogP contribution in [0.3, 0.4) is 0 Å². The molecule has 0 bridgehead atoms. The zero-order valence-electron chi connectivity index (χ0n) is 21.3. The summed E-state index contributed by atoms with van der Waals surface area (Å²) < 4.78 is 45.5. The Morgan fingerprint density at radius 1 is 1.05 bits per heavy atom. The van der Waals surface area contributed by atoms with Crippen LogP contribution in [0.1, 0.15) is 34.2 Å². The second kappa shape index (κ2) is 12.7. The van der Waals surface area contributed by atoms with Crippen LogP contribution in [0.25, 0.3) is 0 Å². The van der Waals surface area contributed by atoms with Crippen LogP contribution in [-0.2, 0) is 33.9 Å². The number of halogens is 3. The maximum Gasteiger partial charge on any atom is 0.275 e. The number of nitrogens with one attached hydrogen (secondary N) is 2. The van der Waals surface area contributed by atoms with E-state index in [1.807, 2.05) is 24.3 Å². The van der Waals surface area contributed by atoms with Crippen molar-refractivity contribution in [3.05, 3.63) is 117 Å². The van der Waals surface area contributed by atoms with Crippen molar-refractivity contribution >= 4 is 5.91 Å². The van der Waals surface area contributed by atoms with Crippen molar-refractivity contribution in [2.24, 2.45) is 0 Å². The van der Waals surface area contributed by atoms with Crippen molar-refractivity contribution in [3.8, 4) is 0 Å². The summed E-state index contributed by atoms with van der Waals surface area (Å²) in [6.07, 6.45) is 2.54. The maximum absolute atomic E-state index is 13.6. The molecule has 1 aromatic heterocycles. The van der Waals surface area contributed by atoms with Gasteiger partial charge in [-0.05, 0) is 28.8 Å². The fourth-order valence-corrected chi connectivity index (χ4v) is 4.41. The molecule has 0 aliphatic carbocycles. The fourth-order valence-electron chi connectivity index (χ4n) is 4.41. The van der Waals surface area contributed by atoms with Crippen LogP contribution in [-0.4, -0.2) is 47.1 Å². The van der Waals surface area contributed by atoms with E-state index in [4.69, 9.17) is 9.57 Å². The smallest absolute Gasteiger partial charge is 0.275 e. The number of pyridine rings is 1. The number of carbonyl (C=O) groups excluding carboxylic acids is 1. The number of nitrogens with zero attached hydrogens (tertiary/aromatic N) is 2. The van der Waals surface area contributed by atoms with E-state index >= 15 is 0 Å². The van der Waals surface area contributed by atoms with E-state index in [1.54, 1.807) is 41.7 Å². The van der Waals surface area contributed by atoms with Crippen LogP contribution >= 0.6 is 0 Å². The zero-order chi connectivity index (χ0) is 27.8. The van der Waals surface area contributed by atoms with E-state index in [2.05, 4.69) is 10.4 Å². The average Bonchev–Trinajstić information content (AvgIpc) is 3.34. The normalized spacial score (nSPS) is 16.7. The molecular weight excluding hydrogens is 513 g/mol. The second-order valence-electron chi connectivity index (χ2n) is 9.06. The molecule has 0 radical (unpaired) electrons. The lowest BCUT2D eigenvalue weighted by Gasteiger charge is -2.33. The monoisotopic (exact) mass is 542 g/mol. The highest BCUT2D eigenvalue weighted by molar-refractivity contribution is 5.88. The number of carbonyl (C=O) groups is 1. The minimum absolute atomic E-state index is 0.119. The molecular formula is C28H29F3N4O4. The largest absolute Gasteiger partial charge is 0.382 e. The molecule has 2 aromatic carbocycles. The first kappa shape index (κ1) is 28.1. The van der Waals surface area contributed by atoms with Crippen LogP contribution in [0.15, 0.2) is 83.9 Å². The molecule has 206 valence electrons. The molecule has 11 heteroatoms.